The van der Waals surface area contributed by atoms with Gasteiger partial charge in [-0.3, -0.25) is 4.79 Å². The van der Waals surface area contributed by atoms with Crippen LogP contribution in [-0.2, 0) is 4.79 Å². The monoisotopic (exact) mass is 305 g/mol. The third-order valence-electron chi connectivity index (χ3n) is 3.22. The molecule has 0 heterocycles. The maximum Gasteiger partial charge on any atom is 0.265 e. The zero-order chi connectivity index (χ0) is 16.1. The van der Waals surface area contributed by atoms with Gasteiger partial charge < -0.3 is 10.1 Å². The Balaban J connectivity index is 2.10. The average Bonchev–Trinajstić information content (AvgIpc) is 2.49. The molecule has 0 aliphatic heterocycles. The number of hydrogen-bond donors (Lipinski definition) is 1. The first-order valence-electron chi connectivity index (χ1n) is 6.99. The van der Waals surface area contributed by atoms with E-state index in [1.165, 1.54) is 6.07 Å². The van der Waals surface area contributed by atoms with E-state index in [4.69, 9.17) is 4.74 Å². The SMILES string of the molecule is CC[C@H](Oc1ccccc1C)C(=O)Nc1ccc(F)cc1F. The lowest BCUT2D eigenvalue weighted by atomic mass is 10.2. The number of rotatable bonds is 5. The molecule has 0 fully saturated rings. The molecule has 1 atom stereocenters. The van der Waals surface area contributed by atoms with Gasteiger partial charge in [0.2, 0.25) is 0 Å². The number of amides is 1. The standard InChI is InChI=1S/C17H17F2NO2/c1-3-15(22-16-7-5-4-6-11(16)2)17(21)20-14-9-8-12(18)10-13(14)19/h4-10,15H,3H2,1-2H3,(H,20,21)/t15-/m0/s1. The first-order valence-corrected chi connectivity index (χ1v) is 6.99. The van der Waals surface area contributed by atoms with Crippen molar-refractivity contribution in [3.63, 3.8) is 0 Å². The molecule has 1 N–H and O–H groups in total. The van der Waals surface area contributed by atoms with Gasteiger partial charge >= 0.3 is 0 Å². The Morgan fingerprint density at radius 1 is 1.23 bits per heavy atom. The van der Waals surface area contributed by atoms with E-state index in [-0.39, 0.29) is 5.69 Å². The summed E-state index contributed by atoms with van der Waals surface area (Å²) in [4.78, 5) is 12.2. The summed E-state index contributed by atoms with van der Waals surface area (Å²) in [6, 6.07) is 10.3. The van der Waals surface area contributed by atoms with Crippen LogP contribution in [0.4, 0.5) is 14.5 Å². The van der Waals surface area contributed by atoms with Crippen molar-refractivity contribution in [3.05, 3.63) is 59.7 Å². The normalized spacial score (nSPS) is 11.8. The summed E-state index contributed by atoms with van der Waals surface area (Å²) >= 11 is 0. The smallest absolute Gasteiger partial charge is 0.265 e. The lowest BCUT2D eigenvalue weighted by Gasteiger charge is -2.18. The Hall–Kier alpha value is -2.43. The molecule has 1 amide bonds. The Bertz CT molecular complexity index is 673. The summed E-state index contributed by atoms with van der Waals surface area (Å²) in [5.41, 5.74) is 0.833. The number of para-hydroxylation sites is 1. The Morgan fingerprint density at radius 3 is 2.59 bits per heavy atom. The first kappa shape index (κ1) is 15.9. The van der Waals surface area contributed by atoms with E-state index in [0.29, 0.717) is 12.2 Å². The molecular weight excluding hydrogens is 288 g/mol. The maximum atomic E-state index is 13.6. The van der Waals surface area contributed by atoms with Crippen LogP contribution < -0.4 is 10.1 Å². The lowest BCUT2D eigenvalue weighted by molar-refractivity contribution is -0.122. The van der Waals surface area contributed by atoms with Gasteiger partial charge in [0.25, 0.3) is 5.91 Å². The highest BCUT2D eigenvalue weighted by atomic mass is 19.1. The molecule has 0 saturated carbocycles. The summed E-state index contributed by atoms with van der Waals surface area (Å²) in [5, 5.41) is 2.42. The Labute approximate surface area is 127 Å². The molecule has 0 aliphatic rings. The van der Waals surface area contributed by atoms with Crippen LogP contribution in [0, 0.1) is 18.6 Å². The number of carbonyl (C=O) groups excluding carboxylic acids is 1. The third kappa shape index (κ3) is 3.81. The van der Waals surface area contributed by atoms with Crippen molar-refractivity contribution in [2.45, 2.75) is 26.4 Å². The predicted octanol–water partition coefficient (Wildman–Crippen LogP) is 4.07. The number of hydrogen-bond acceptors (Lipinski definition) is 2. The highest BCUT2D eigenvalue weighted by Gasteiger charge is 2.20. The number of halogens is 2. The van der Waals surface area contributed by atoms with Crippen molar-refractivity contribution in [2.24, 2.45) is 0 Å². The van der Waals surface area contributed by atoms with Crippen LogP contribution >= 0.6 is 0 Å². The molecule has 116 valence electrons. The molecule has 0 radical (unpaired) electrons. The fraction of sp³-hybridized carbons (Fsp3) is 0.235. The molecule has 5 heteroatoms. The minimum Gasteiger partial charge on any atom is -0.480 e. The number of ether oxygens (including phenoxy) is 1. The van der Waals surface area contributed by atoms with E-state index in [9.17, 15) is 13.6 Å². The number of anilines is 1. The van der Waals surface area contributed by atoms with Gasteiger partial charge in [-0.15, -0.1) is 0 Å². The minimum absolute atomic E-state index is 0.0711. The van der Waals surface area contributed by atoms with Crippen molar-refractivity contribution in [3.8, 4) is 5.75 Å². The number of nitrogens with one attached hydrogen (secondary N) is 1. The van der Waals surface area contributed by atoms with E-state index < -0.39 is 23.6 Å². The zero-order valence-electron chi connectivity index (χ0n) is 12.4. The van der Waals surface area contributed by atoms with Gasteiger partial charge in [-0.25, -0.2) is 8.78 Å². The summed E-state index contributed by atoms with van der Waals surface area (Å²) in [7, 11) is 0. The summed E-state index contributed by atoms with van der Waals surface area (Å²) in [6.45, 7) is 3.67. The van der Waals surface area contributed by atoms with E-state index in [1.807, 2.05) is 25.1 Å². The number of aryl methyl sites for hydroxylation is 1. The van der Waals surface area contributed by atoms with Crippen molar-refractivity contribution < 1.29 is 18.3 Å². The molecule has 0 bridgehead atoms. The van der Waals surface area contributed by atoms with Gasteiger partial charge in [0, 0.05) is 6.07 Å². The minimum atomic E-state index is -0.820. The maximum absolute atomic E-state index is 13.6. The Morgan fingerprint density at radius 2 is 1.95 bits per heavy atom. The van der Waals surface area contributed by atoms with Gasteiger partial charge in [-0.05, 0) is 37.1 Å². The van der Waals surface area contributed by atoms with E-state index in [2.05, 4.69) is 5.32 Å². The molecule has 0 spiro atoms. The molecule has 2 rings (SSSR count). The molecule has 2 aromatic rings. The van der Waals surface area contributed by atoms with Crippen molar-refractivity contribution in [1.29, 1.82) is 0 Å². The zero-order valence-corrected chi connectivity index (χ0v) is 12.4. The second kappa shape index (κ2) is 7.02. The van der Waals surface area contributed by atoms with E-state index in [1.54, 1.807) is 13.0 Å². The van der Waals surface area contributed by atoms with Crippen LogP contribution in [0.1, 0.15) is 18.9 Å². The average molecular weight is 305 g/mol. The van der Waals surface area contributed by atoms with Crippen molar-refractivity contribution >= 4 is 11.6 Å². The van der Waals surface area contributed by atoms with Gasteiger partial charge in [0.05, 0.1) is 5.69 Å². The predicted molar refractivity (Wildman–Crippen MR) is 80.9 cm³/mol. The molecule has 0 aliphatic carbocycles. The van der Waals surface area contributed by atoms with Gasteiger partial charge in [0.15, 0.2) is 6.10 Å². The largest absolute Gasteiger partial charge is 0.480 e. The number of benzene rings is 2. The fourth-order valence-corrected chi connectivity index (χ4v) is 1.97. The van der Waals surface area contributed by atoms with Crippen LogP contribution in [0.3, 0.4) is 0 Å². The first-order chi connectivity index (χ1) is 10.5. The molecule has 0 saturated heterocycles. The highest BCUT2D eigenvalue weighted by Crippen LogP contribution is 2.20. The second-order valence-electron chi connectivity index (χ2n) is 4.89. The molecule has 0 aromatic heterocycles. The topological polar surface area (TPSA) is 38.3 Å². The van der Waals surface area contributed by atoms with Crippen LogP contribution in [0.15, 0.2) is 42.5 Å². The molecule has 22 heavy (non-hydrogen) atoms. The second-order valence-corrected chi connectivity index (χ2v) is 4.89. The van der Waals surface area contributed by atoms with Gasteiger partial charge in [0.1, 0.15) is 17.4 Å². The van der Waals surface area contributed by atoms with Crippen LogP contribution in [0.2, 0.25) is 0 Å². The highest BCUT2D eigenvalue weighted by molar-refractivity contribution is 5.94. The van der Waals surface area contributed by atoms with Crippen LogP contribution in [-0.4, -0.2) is 12.0 Å². The Kier molecular flexibility index (Phi) is 5.09. The molecule has 2 aromatic carbocycles. The third-order valence-corrected chi connectivity index (χ3v) is 3.22. The molecule has 3 nitrogen and oxygen atoms in total. The molecular formula is C17H17F2NO2. The van der Waals surface area contributed by atoms with Crippen molar-refractivity contribution in [1.82, 2.24) is 0 Å². The van der Waals surface area contributed by atoms with Gasteiger partial charge in [-0.1, -0.05) is 25.1 Å². The van der Waals surface area contributed by atoms with E-state index in [0.717, 1.165) is 17.7 Å². The summed E-state index contributed by atoms with van der Waals surface area (Å²) < 4.78 is 32.1. The summed E-state index contributed by atoms with van der Waals surface area (Å²) in [5.74, 6) is -1.39. The fourth-order valence-electron chi connectivity index (χ4n) is 1.97. The van der Waals surface area contributed by atoms with E-state index >= 15 is 0 Å². The summed E-state index contributed by atoms with van der Waals surface area (Å²) in [6.07, 6.45) is -0.339. The lowest BCUT2D eigenvalue weighted by Crippen LogP contribution is -2.32. The van der Waals surface area contributed by atoms with Crippen molar-refractivity contribution in [2.75, 3.05) is 5.32 Å². The van der Waals surface area contributed by atoms with Gasteiger partial charge in [-0.2, -0.15) is 0 Å². The quantitative estimate of drug-likeness (QED) is 0.904. The van der Waals surface area contributed by atoms with Crippen LogP contribution in [0.25, 0.3) is 0 Å². The van der Waals surface area contributed by atoms with Crippen LogP contribution in [0.5, 0.6) is 5.75 Å². The number of carbonyl (C=O) groups is 1. The molecule has 0 unspecified atom stereocenters.